The molecular formula is C18H34N2O7. The van der Waals surface area contributed by atoms with Crippen molar-refractivity contribution in [2.24, 2.45) is 11.7 Å². The number of carboxylic acid groups (broad SMARTS) is 1. The van der Waals surface area contributed by atoms with E-state index < -0.39 is 24.3 Å². The molecule has 0 radical (unpaired) electrons. The second-order valence-electron chi connectivity index (χ2n) is 6.40. The monoisotopic (exact) mass is 390 g/mol. The van der Waals surface area contributed by atoms with Crippen molar-refractivity contribution in [1.82, 2.24) is 5.32 Å². The maximum absolute atomic E-state index is 12.4. The van der Waals surface area contributed by atoms with Gasteiger partial charge in [-0.2, -0.15) is 0 Å². The van der Waals surface area contributed by atoms with E-state index in [2.05, 4.69) is 12.2 Å². The molecule has 0 spiro atoms. The number of hydrogen-bond acceptors (Lipinski definition) is 7. The molecule has 1 saturated heterocycles. The summed E-state index contributed by atoms with van der Waals surface area (Å²) in [5.41, 5.74) is 5.31. The Bertz CT molecular complexity index is 434. The van der Waals surface area contributed by atoms with Crippen LogP contribution in [0.25, 0.3) is 0 Å². The summed E-state index contributed by atoms with van der Waals surface area (Å²) in [6, 6.07) is 0. The van der Waals surface area contributed by atoms with Crippen molar-refractivity contribution in [1.29, 1.82) is 0 Å². The lowest BCUT2D eigenvalue weighted by Gasteiger charge is -2.39. The summed E-state index contributed by atoms with van der Waals surface area (Å²) in [7, 11) is 1.54. The first-order valence-corrected chi connectivity index (χ1v) is 9.36. The molecule has 0 aromatic carbocycles. The second-order valence-corrected chi connectivity index (χ2v) is 6.40. The van der Waals surface area contributed by atoms with Gasteiger partial charge in [-0.05, 0) is 6.42 Å². The lowest BCUT2D eigenvalue weighted by atomic mass is 9.93. The molecule has 27 heavy (non-hydrogen) atoms. The fourth-order valence-electron chi connectivity index (χ4n) is 2.90. The van der Waals surface area contributed by atoms with Crippen LogP contribution in [-0.4, -0.2) is 68.6 Å². The number of hydrogen-bond donors (Lipinski definition) is 3. The molecule has 0 aromatic heterocycles. The minimum absolute atomic E-state index is 0.0173. The lowest BCUT2D eigenvalue weighted by molar-refractivity contribution is -0.199. The minimum atomic E-state index is -0.864. The summed E-state index contributed by atoms with van der Waals surface area (Å²) in [5, 5.41) is 9.76. The van der Waals surface area contributed by atoms with Gasteiger partial charge in [-0.15, -0.1) is 0 Å². The fraction of sp³-hybridized carbons (Fsp3) is 0.833. The Hall–Kier alpha value is -1.71. The minimum Gasteiger partial charge on any atom is -0.483 e. The van der Waals surface area contributed by atoms with Crippen molar-refractivity contribution in [2.45, 2.75) is 64.3 Å². The summed E-state index contributed by atoms with van der Waals surface area (Å²) in [4.78, 5) is 32.4. The highest BCUT2D eigenvalue weighted by molar-refractivity contribution is 5.82. The van der Waals surface area contributed by atoms with E-state index in [0.29, 0.717) is 13.2 Å². The summed E-state index contributed by atoms with van der Waals surface area (Å²) < 4.78 is 16.4. The van der Waals surface area contributed by atoms with Gasteiger partial charge in [0, 0.05) is 19.6 Å². The standard InChI is InChI=1S/C17H32N2O5.CH2O2/c1-4-5-6-7-8-9-19-17(21)16-15(24-13(20)10-18)14(22-3)12(2)11-23-16;2-1-3/h12,14-16H,4-11,18H2,1-3H3,(H,19,21);1H,(H,2,3)/t12-,14-,15+,16-;/m0./s1. The van der Waals surface area contributed by atoms with Gasteiger partial charge in [0.1, 0.15) is 6.10 Å². The van der Waals surface area contributed by atoms with Gasteiger partial charge in [0.2, 0.25) is 0 Å². The molecular weight excluding hydrogens is 356 g/mol. The van der Waals surface area contributed by atoms with Crippen molar-refractivity contribution in [3.05, 3.63) is 0 Å². The van der Waals surface area contributed by atoms with Crippen LogP contribution in [0.15, 0.2) is 0 Å². The molecule has 1 aliphatic rings. The summed E-state index contributed by atoms with van der Waals surface area (Å²) >= 11 is 0. The van der Waals surface area contributed by atoms with Crippen LogP contribution in [0.4, 0.5) is 0 Å². The van der Waals surface area contributed by atoms with E-state index in [4.69, 9.17) is 29.8 Å². The third-order valence-electron chi connectivity index (χ3n) is 4.27. The van der Waals surface area contributed by atoms with Crippen molar-refractivity contribution in [3.63, 3.8) is 0 Å². The molecule has 0 aromatic rings. The maximum Gasteiger partial charge on any atom is 0.320 e. The van der Waals surface area contributed by atoms with Gasteiger partial charge in [-0.1, -0.05) is 39.5 Å². The van der Waals surface area contributed by atoms with E-state index in [-0.39, 0.29) is 24.8 Å². The Balaban J connectivity index is 0.00000210. The number of amides is 1. The lowest BCUT2D eigenvalue weighted by Crippen LogP contribution is -2.58. The molecule has 0 unspecified atom stereocenters. The first-order chi connectivity index (χ1) is 13.0. The van der Waals surface area contributed by atoms with Crippen LogP contribution in [0.3, 0.4) is 0 Å². The molecule has 9 nitrogen and oxygen atoms in total. The van der Waals surface area contributed by atoms with Gasteiger partial charge in [-0.3, -0.25) is 14.4 Å². The Labute approximate surface area is 160 Å². The second kappa shape index (κ2) is 15.4. The van der Waals surface area contributed by atoms with Crippen molar-refractivity contribution in [3.8, 4) is 0 Å². The van der Waals surface area contributed by atoms with Crippen molar-refractivity contribution in [2.75, 3.05) is 26.8 Å². The molecule has 1 fully saturated rings. The molecule has 158 valence electrons. The highest BCUT2D eigenvalue weighted by atomic mass is 16.6. The number of nitrogens with one attached hydrogen (secondary N) is 1. The molecule has 4 N–H and O–H groups in total. The van der Waals surface area contributed by atoms with Crippen LogP contribution < -0.4 is 11.1 Å². The first-order valence-electron chi connectivity index (χ1n) is 9.36. The number of carbonyl (C=O) groups is 3. The molecule has 1 aliphatic heterocycles. The predicted octanol–water partition coefficient (Wildman–Crippen LogP) is 0.694. The first kappa shape index (κ1) is 25.3. The van der Waals surface area contributed by atoms with Crippen LogP contribution >= 0.6 is 0 Å². The largest absolute Gasteiger partial charge is 0.483 e. The summed E-state index contributed by atoms with van der Waals surface area (Å²) in [5.74, 6) is -0.824. The van der Waals surface area contributed by atoms with Crippen LogP contribution in [-0.2, 0) is 28.6 Å². The fourth-order valence-corrected chi connectivity index (χ4v) is 2.90. The number of rotatable bonds is 10. The van der Waals surface area contributed by atoms with E-state index in [1.807, 2.05) is 6.92 Å². The van der Waals surface area contributed by atoms with Crippen LogP contribution in [0.2, 0.25) is 0 Å². The SMILES string of the molecule is CCCCCCCNC(=O)[C@H]1OC[C@H](C)[C@H](OC)[C@H]1OC(=O)CN.O=CO. The molecule has 0 aliphatic carbocycles. The molecule has 0 saturated carbocycles. The Morgan fingerprint density at radius 1 is 1.26 bits per heavy atom. The smallest absolute Gasteiger partial charge is 0.320 e. The van der Waals surface area contributed by atoms with E-state index in [0.717, 1.165) is 12.8 Å². The Kier molecular flexibility index (Phi) is 14.4. The van der Waals surface area contributed by atoms with E-state index >= 15 is 0 Å². The van der Waals surface area contributed by atoms with E-state index in [9.17, 15) is 9.59 Å². The van der Waals surface area contributed by atoms with Gasteiger partial charge in [0.05, 0.1) is 13.2 Å². The zero-order chi connectivity index (χ0) is 20.7. The van der Waals surface area contributed by atoms with Gasteiger partial charge in [0.25, 0.3) is 12.4 Å². The van der Waals surface area contributed by atoms with Gasteiger partial charge in [-0.25, -0.2) is 0 Å². The average molecular weight is 390 g/mol. The molecule has 4 atom stereocenters. The third kappa shape index (κ3) is 9.69. The maximum atomic E-state index is 12.4. The number of carbonyl (C=O) groups excluding carboxylic acids is 2. The van der Waals surface area contributed by atoms with Gasteiger partial charge < -0.3 is 30.4 Å². The number of unbranched alkanes of at least 4 members (excludes halogenated alkanes) is 4. The number of nitrogens with two attached hydrogens (primary N) is 1. The number of methoxy groups -OCH3 is 1. The van der Waals surface area contributed by atoms with Crippen molar-refractivity contribution < 1.29 is 33.7 Å². The summed E-state index contributed by atoms with van der Waals surface area (Å²) in [6.45, 7) is 4.57. The third-order valence-corrected chi connectivity index (χ3v) is 4.27. The van der Waals surface area contributed by atoms with Crippen molar-refractivity contribution >= 4 is 18.3 Å². The van der Waals surface area contributed by atoms with Crippen LogP contribution in [0.1, 0.15) is 46.0 Å². The van der Waals surface area contributed by atoms with E-state index in [1.54, 1.807) is 7.11 Å². The summed E-state index contributed by atoms with van der Waals surface area (Å²) in [6.07, 6.45) is 3.55. The normalized spacial score (nSPS) is 24.3. The zero-order valence-electron chi connectivity index (χ0n) is 16.5. The zero-order valence-corrected chi connectivity index (χ0v) is 16.5. The molecule has 1 amide bonds. The number of ether oxygens (including phenoxy) is 3. The molecule has 1 heterocycles. The Morgan fingerprint density at radius 3 is 2.44 bits per heavy atom. The Morgan fingerprint density at radius 2 is 1.89 bits per heavy atom. The topological polar surface area (TPSA) is 137 Å². The van der Waals surface area contributed by atoms with Gasteiger partial charge in [0.15, 0.2) is 12.2 Å². The van der Waals surface area contributed by atoms with Crippen LogP contribution in [0.5, 0.6) is 0 Å². The molecule has 0 bridgehead atoms. The molecule has 9 heteroatoms. The highest BCUT2D eigenvalue weighted by Crippen LogP contribution is 2.25. The number of esters is 1. The highest BCUT2D eigenvalue weighted by Gasteiger charge is 2.44. The van der Waals surface area contributed by atoms with Crippen LogP contribution in [0, 0.1) is 5.92 Å². The predicted molar refractivity (Wildman–Crippen MR) is 99.1 cm³/mol. The molecule has 1 rings (SSSR count). The average Bonchev–Trinajstić information content (AvgIpc) is 2.65. The van der Waals surface area contributed by atoms with E-state index in [1.165, 1.54) is 19.3 Å². The quantitative estimate of drug-likeness (QED) is 0.281. The van der Waals surface area contributed by atoms with Gasteiger partial charge >= 0.3 is 5.97 Å².